The molecular weight excluding hydrogens is 524 g/mol. The zero-order valence-corrected chi connectivity index (χ0v) is 24.1. The molecule has 1 saturated heterocycles. The van der Waals surface area contributed by atoms with Crippen LogP contribution in [0.25, 0.3) is 0 Å². The SMILES string of the molecule is C/C=C(/S[C@H]1[C@H](OC)O[C@H](COCc2ccccc2)[C@@H](OCc2ccccc2)[C@@H]1OCc1ccccc1)C(C)=O. The van der Waals surface area contributed by atoms with Gasteiger partial charge in [-0.25, -0.2) is 0 Å². The fraction of sp³-hybridized carbons (Fsp3) is 0.364. The molecule has 0 unspecified atom stereocenters. The summed E-state index contributed by atoms with van der Waals surface area (Å²) < 4.78 is 31.7. The van der Waals surface area contributed by atoms with E-state index >= 15 is 0 Å². The van der Waals surface area contributed by atoms with Gasteiger partial charge in [0.2, 0.25) is 0 Å². The Morgan fingerprint density at radius 1 is 0.800 bits per heavy atom. The van der Waals surface area contributed by atoms with Crippen molar-refractivity contribution in [3.63, 3.8) is 0 Å². The van der Waals surface area contributed by atoms with Crippen molar-refractivity contribution >= 4 is 17.5 Å². The number of benzene rings is 3. The van der Waals surface area contributed by atoms with Crippen molar-refractivity contribution in [2.75, 3.05) is 13.7 Å². The number of rotatable bonds is 14. The van der Waals surface area contributed by atoms with Crippen molar-refractivity contribution in [3.8, 4) is 0 Å². The van der Waals surface area contributed by atoms with Gasteiger partial charge in [-0.15, -0.1) is 11.8 Å². The number of thioether (sulfide) groups is 1. The first-order chi connectivity index (χ1) is 19.6. The maximum Gasteiger partial charge on any atom is 0.172 e. The molecule has 212 valence electrons. The van der Waals surface area contributed by atoms with E-state index in [0.717, 1.165) is 16.7 Å². The van der Waals surface area contributed by atoms with Gasteiger partial charge in [-0.3, -0.25) is 4.79 Å². The van der Waals surface area contributed by atoms with Gasteiger partial charge in [0.05, 0.1) is 31.7 Å². The highest BCUT2D eigenvalue weighted by Gasteiger charge is 2.48. The summed E-state index contributed by atoms with van der Waals surface area (Å²) in [5.74, 6) is -0.0146. The third kappa shape index (κ3) is 8.61. The maximum absolute atomic E-state index is 12.4. The Balaban J connectivity index is 1.61. The Morgan fingerprint density at radius 2 is 1.30 bits per heavy atom. The number of hydrogen-bond acceptors (Lipinski definition) is 7. The predicted octanol–water partition coefficient (Wildman–Crippen LogP) is 6.34. The molecule has 6 nitrogen and oxygen atoms in total. The standard InChI is InChI=1S/C33H38O6S/c1-4-29(24(2)34)40-32-31(38-22-27-18-12-7-13-19-27)30(37-21-26-16-10-6-11-17-26)28(39-33(32)35-3)23-36-20-25-14-8-5-9-15-25/h4-19,28,30-33H,20-23H2,1-3H3/b29-4+/t28-,30-,31+,32-,33-/m1/s1. The molecule has 5 atom stereocenters. The maximum atomic E-state index is 12.4. The summed E-state index contributed by atoms with van der Waals surface area (Å²) in [6, 6.07) is 30.1. The molecule has 0 N–H and O–H groups in total. The number of methoxy groups -OCH3 is 1. The molecule has 0 aliphatic carbocycles. The minimum absolute atomic E-state index is 0.0146. The van der Waals surface area contributed by atoms with Gasteiger partial charge in [0.15, 0.2) is 12.1 Å². The van der Waals surface area contributed by atoms with Crippen LogP contribution in [0.2, 0.25) is 0 Å². The molecule has 1 heterocycles. The second kappa shape index (κ2) is 15.9. The Morgan fingerprint density at radius 3 is 1.77 bits per heavy atom. The Bertz CT molecular complexity index is 1190. The lowest BCUT2D eigenvalue weighted by molar-refractivity contribution is -0.268. The van der Waals surface area contributed by atoms with Gasteiger partial charge in [-0.1, -0.05) is 97.1 Å². The number of ketones is 1. The first-order valence-corrected chi connectivity index (χ1v) is 14.4. The molecular formula is C33H38O6S. The predicted molar refractivity (Wildman–Crippen MR) is 158 cm³/mol. The van der Waals surface area contributed by atoms with E-state index in [1.54, 1.807) is 14.0 Å². The van der Waals surface area contributed by atoms with Crippen molar-refractivity contribution < 1.29 is 28.5 Å². The molecule has 3 aromatic rings. The van der Waals surface area contributed by atoms with E-state index in [4.69, 9.17) is 23.7 Å². The van der Waals surface area contributed by atoms with Gasteiger partial charge in [0.1, 0.15) is 18.3 Å². The van der Waals surface area contributed by atoms with Gasteiger partial charge in [0, 0.05) is 12.0 Å². The van der Waals surface area contributed by atoms with E-state index in [1.807, 2.05) is 104 Å². The Labute approximate surface area is 241 Å². The summed E-state index contributed by atoms with van der Waals surface area (Å²) in [7, 11) is 1.61. The second-order valence-electron chi connectivity index (χ2n) is 9.59. The number of carbonyl (C=O) groups is 1. The summed E-state index contributed by atoms with van der Waals surface area (Å²) >= 11 is 1.41. The molecule has 40 heavy (non-hydrogen) atoms. The van der Waals surface area contributed by atoms with Crippen LogP contribution in [0.1, 0.15) is 30.5 Å². The number of Topliss-reactive ketones (excluding diaryl/α,β-unsaturated/α-hetero) is 1. The number of carbonyl (C=O) groups excluding carboxylic acids is 1. The largest absolute Gasteiger partial charge is 0.374 e. The molecule has 1 aliphatic heterocycles. The highest BCUT2D eigenvalue weighted by molar-refractivity contribution is 8.04. The van der Waals surface area contributed by atoms with Crippen LogP contribution in [0.15, 0.2) is 102 Å². The van der Waals surface area contributed by atoms with Crippen molar-refractivity contribution in [2.45, 2.75) is 63.5 Å². The van der Waals surface area contributed by atoms with Crippen molar-refractivity contribution in [1.29, 1.82) is 0 Å². The highest BCUT2D eigenvalue weighted by atomic mass is 32.2. The minimum Gasteiger partial charge on any atom is -0.374 e. The van der Waals surface area contributed by atoms with Crippen molar-refractivity contribution in [1.82, 2.24) is 0 Å². The molecule has 1 fully saturated rings. The summed E-state index contributed by atoms with van der Waals surface area (Å²) in [5, 5.41) is -0.352. The van der Waals surface area contributed by atoms with Gasteiger partial charge in [0.25, 0.3) is 0 Å². The average Bonchev–Trinajstić information content (AvgIpc) is 2.99. The average molecular weight is 563 g/mol. The Kier molecular flexibility index (Phi) is 12.0. The number of ether oxygens (including phenoxy) is 5. The molecule has 1 aliphatic rings. The fourth-order valence-electron chi connectivity index (χ4n) is 4.62. The fourth-order valence-corrected chi connectivity index (χ4v) is 5.87. The van der Waals surface area contributed by atoms with E-state index in [9.17, 15) is 4.79 Å². The third-order valence-corrected chi connectivity index (χ3v) is 8.20. The lowest BCUT2D eigenvalue weighted by Crippen LogP contribution is -2.59. The van der Waals surface area contributed by atoms with Crippen molar-refractivity contribution in [3.05, 3.63) is 119 Å². The molecule has 0 spiro atoms. The van der Waals surface area contributed by atoms with Gasteiger partial charge in [-0.05, 0) is 30.5 Å². The van der Waals surface area contributed by atoms with Crippen LogP contribution in [0.5, 0.6) is 0 Å². The molecule has 0 bridgehead atoms. The van der Waals surface area contributed by atoms with E-state index in [2.05, 4.69) is 0 Å². The van der Waals surface area contributed by atoms with E-state index in [0.29, 0.717) is 31.3 Å². The lowest BCUT2D eigenvalue weighted by Gasteiger charge is -2.45. The number of allylic oxidation sites excluding steroid dienone is 2. The summed E-state index contributed by atoms with van der Waals surface area (Å²) in [6.45, 7) is 4.93. The molecule has 7 heteroatoms. The van der Waals surface area contributed by atoms with Crippen LogP contribution in [-0.2, 0) is 48.3 Å². The van der Waals surface area contributed by atoms with Crippen LogP contribution in [0.4, 0.5) is 0 Å². The van der Waals surface area contributed by atoms with Gasteiger partial charge in [-0.2, -0.15) is 0 Å². The van der Waals surface area contributed by atoms with Gasteiger partial charge < -0.3 is 23.7 Å². The monoisotopic (exact) mass is 562 g/mol. The highest BCUT2D eigenvalue weighted by Crippen LogP contribution is 2.38. The first kappa shape index (κ1) is 30.2. The van der Waals surface area contributed by atoms with E-state index in [1.165, 1.54) is 11.8 Å². The summed E-state index contributed by atoms with van der Waals surface area (Å²) in [6.07, 6.45) is -0.202. The zero-order valence-electron chi connectivity index (χ0n) is 23.3. The van der Waals surface area contributed by atoms with E-state index in [-0.39, 0.29) is 11.0 Å². The molecule has 0 amide bonds. The topological polar surface area (TPSA) is 63.2 Å². The minimum atomic E-state index is -0.637. The molecule has 0 saturated carbocycles. The van der Waals surface area contributed by atoms with Crippen molar-refractivity contribution in [2.24, 2.45) is 0 Å². The normalized spacial score (nSPS) is 23.2. The Hall–Kier alpha value is -2.78. The summed E-state index contributed by atoms with van der Waals surface area (Å²) in [5.41, 5.74) is 3.17. The van der Waals surface area contributed by atoms with Crippen LogP contribution >= 0.6 is 11.8 Å². The number of hydrogen-bond donors (Lipinski definition) is 0. The molecule has 3 aromatic carbocycles. The van der Waals surface area contributed by atoms with Crippen LogP contribution in [-0.4, -0.2) is 49.4 Å². The smallest absolute Gasteiger partial charge is 0.172 e. The quantitative estimate of drug-likeness (QED) is 0.213. The lowest BCUT2D eigenvalue weighted by atomic mass is 10.00. The second-order valence-corrected chi connectivity index (χ2v) is 10.8. The van der Waals surface area contributed by atoms with Crippen LogP contribution in [0, 0.1) is 0 Å². The van der Waals surface area contributed by atoms with Crippen LogP contribution in [0.3, 0.4) is 0 Å². The zero-order chi connectivity index (χ0) is 28.2. The molecule has 0 aromatic heterocycles. The van der Waals surface area contributed by atoms with E-state index < -0.39 is 24.6 Å². The third-order valence-electron chi connectivity index (χ3n) is 6.66. The van der Waals surface area contributed by atoms with Crippen LogP contribution < -0.4 is 0 Å². The molecule has 4 rings (SSSR count). The first-order valence-electron chi connectivity index (χ1n) is 13.5. The van der Waals surface area contributed by atoms with Gasteiger partial charge >= 0.3 is 0 Å². The molecule has 0 radical (unpaired) electrons. The summed E-state index contributed by atoms with van der Waals surface area (Å²) in [4.78, 5) is 13.0.